The number of fused-ring (bicyclic) bond motifs is 2. The number of hydrogen-bond acceptors (Lipinski definition) is 3. The minimum absolute atomic E-state index is 0.658. The van der Waals surface area contributed by atoms with Crippen LogP contribution in [0.15, 0.2) is 24.3 Å². The van der Waals surface area contributed by atoms with Crippen molar-refractivity contribution in [2.24, 2.45) is 7.05 Å². The quantitative estimate of drug-likeness (QED) is 0.939. The molecule has 2 aromatic rings. The zero-order valence-corrected chi connectivity index (χ0v) is 12.8. The lowest BCUT2D eigenvalue weighted by Gasteiger charge is -2.35. The summed E-state index contributed by atoms with van der Waals surface area (Å²) in [5.41, 5.74) is 2.40. The van der Waals surface area contributed by atoms with Crippen LogP contribution in [0.25, 0.3) is 10.9 Å². The second kappa shape index (κ2) is 5.43. The SMILES string of the molecule is Cn1nc(CNC2CCN3CCCC3C2)c2ccccc21. The molecule has 2 aliphatic heterocycles. The van der Waals surface area contributed by atoms with Crippen molar-refractivity contribution in [3.8, 4) is 0 Å². The molecule has 0 saturated carbocycles. The first-order chi connectivity index (χ1) is 10.3. The maximum atomic E-state index is 4.68. The van der Waals surface area contributed by atoms with Gasteiger partial charge in [-0.15, -0.1) is 0 Å². The number of benzene rings is 1. The summed E-state index contributed by atoms with van der Waals surface area (Å²) in [6, 6.07) is 9.99. The number of aromatic nitrogens is 2. The Labute approximate surface area is 126 Å². The highest BCUT2D eigenvalue weighted by Gasteiger charge is 2.31. The first-order valence-corrected chi connectivity index (χ1v) is 8.19. The van der Waals surface area contributed by atoms with Crippen molar-refractivity contribution in [2.75, 3.05) is 13.1 Å². The Morgan fingerprint density at radius 2 is 2.14 bits per heavy atom. The number of aryl methyl sites for hydroxylation is 1. The average molecular weight is 284 g/mol. The van der Waals surface area contributed by atoms with Crippen molar-refractivity contribution in [3.05, 3.63) is 30.0 Å². The smallest absolute Gasteiger partial charge is 0.0841 e. The van der Waals surface area contributed by atoms with Gasteiger partial charge in [0.15, 0.2) is 0 Å². The van der Waals surface area contributed by atoms with Gasteiger partial charge in [-0.1, -0.05) is 18.2 Å². The van der Waals surface area contributed by atoms with Crippen molar-refractivity contribution in [2.45, 2.75) is 44.3 Å². The van der Waals surface area contributed by atoms with E-state index < -0.39 is 0 Å². The van der Waals surface area contributed by atoms with Crippen molar-refractivity contribution in [1.29, 1.82) is 0 Å². The molecular formula is C17H24N4. The molecule has 21 heavy (non-hydrogen) atoms. The van der Waals surface area contributed by atoms with Crippen LogP contribution in [0.5, 0.6) is 0 Å². The van der Waals surface area contributed by atoms with E-state index in [-0.39, 0.29) is 0 Å². The fourth-order valence-electron chi connectivity index (χ4n) is 4.07. The van der Waals surface area contributed by atoms with E-state index in [1.807, 2.05) is 11.7 Å². The zero-order chi connectivity index (χ0) is 14.2. The molecule has 0 aliphatic carbocycles. The topological polar surface area (TPSA) is 33.1 Å². The fourth-order valence-corrected chi connectivity index (χ4v) is 4.07. The molecule has 0 spiro atoms. The Hall–Kier alpha value is -1.39. The van der Waals surface area contributed by atoms with E-state index in [1.165, 1.54) is 55.4 Å². The van der Waals surface area contributed by atoms with Crippen LogP contribution >= 0.6 is 0 Å². The molecular weight excluding hydrogens is 260 g/mol. The second-order valence-corrected chi connectivity index (χ2v) is 6.52. The predicted molar refractivity (Wildman–Crippen MR) is 85.2 cm³/mol. The molecule has 112 valence electrons. The highest BCUT2D eigenvalue weighted by atomic mass is 15.3. The molecule has 2 atom stereocenters. The summed E-state index contributed by atoms with van der Waals surface area (Å²) < 4.78 is 1.99. The molecule has 4 rings (SSSR count). The molecule has 2 fully saturated rings. The van der Waals surface area contributed by atoms with Crippen molar-refractivity contribution >= 4 is 10.9 Å². The molecule has 2 saturated heterocycles. The van der Waals surface area contributed by atoms with E-state index >= 15 is 0 Å². The van der Waals surface area contributed by atoms with Crippen molar-refractivity contribution < 1.29 is 0 Å². The Balaban J connectivity index is 1.44. The van der Waals surface area contributed by atoms with Crippen LogP contribution < -0.4 is 5.32 Å². The van der Waals surface area contributed by atoms with Gasteiger partial charge in [-0.2, -0.15) is 5.10 Å². The minimum Gasteiger partial charge on any atom is -0.308 e. The molecule has 4 nitrogen and oxygen atoms in total. The van der Waals surface area contributed by atoms with Crippen LogP contribution in [0.4, 0.5) is 0 Å². The van der Waals surface area contributed by atoms with Gasteiger partial charge in [-0.05, 0) is 44.8 Å². The predicted octanol–water partition coefficient (Wildman–Crippen LogP) is 2.29. The monoisotopic (exact) mass is 284 g/mol. The highest BCUT2D eigenvalue weighted by molar-refractivity contribution is 5.81. The van der Waals surface area contributed by atoms with Crippen LogP contribution in [0.3, 0.4) is 0 Å². The van der Waals surface area contributed by atoms with Gasteiger partial charge in [0.25, 0.3) is 0 Å². The van der Waals surface area contributed by atoms with E-state index in [9.17, 15) is 0 Å². The molecule has 1 N–H and O–H groups in total. The Bertz CT molecular complexity index is 633. The number of piperidine rings is 1. The number of nitrogens with one attached hydrogen (secondary N) is 1. The van der Waals surface area contributed by atoms with Gasteiger partial charge in [0, 0.05) is 31.1 Å². The third-order valence-corrected chi connectivity index (χ3v) is 5.21. The van der Waals surface area contributed by atoms with Gasteiger partial charge in [0.1, 0.15) is 0 Å². The van der Waals surface area contributed by atoms with E-state index in [4.69, 9.17) is 0 Å². The lowest BCUT2D eigenvalue weighted by molar-refractivity contribution is 0.166. The van der Waals surface area contributed by atoms with Gasteiger partial charge in [0.05, 0.1) is 11.2 Å². The summed E-state index contributed by atoms with van der Waals surface area (Å²) in [6.45, 7) is 3.48. The molecule has 2 unspecified atom stereocenters. The first kappa shape index (κ1) is 13.3. The number of para-hydroxylation sites is 1. The molecule has 4 heteroatoms. The van der Waals surface area contributed by atoms with Crippen LogP contribution in [0, 0.1) is 0 Å². The van der Waals surface area contributed by atoms with Gasteiger partial charge < -0.3 is 10.2 Å². The summed E-state index contributed by atoms with van der Waals surface area (Å²) in [6.07, 6.45) is 5.37. The third-order valence-electron chi connectivity index (χ3n) is 5.21. The summed E-state index contributed by atoms with van der Waals surface area (Å²) in [7, 11) is 2.03. The largest absolute Gasteiger partial charge is 0.308 e. The van der Waals surface area contributed by atoms with Crippen LogP contribution in [0.2, 0.25) is 0 Å². The summed E-state index contributed by atoms with van der Waals surface area (Å²) >= 11 is 0. The normalized spacial score (nSPS) is 26.3. The molecule has 2 aliphatic rings. The standard InChI is InChI=1S/C17H24N4/c1-20-17-7-3-2-6-15(17)16(19-20)12-18-13-8-10-21-9-4-5-14(21)11-13/h2-3,6-7,13-14,18H,4-5,8-12H2,1H3. The number of nitrogens with zero attached hydrogens (tertiary/aromatic N) is 3. The van der Waals surface area contributed by atoms with E-state index in [1.54, 1.807) is 0 Å². The molecule has 0 bridgehead atoms. The number of hydrogen-bond donors (Lipinski definition) is 1. The van der Waals surface area contributed by atoms with E-state index in [2.05, 4.69) is 39.6 Å². The van der Waals surface area contributed by atoms with Crippen LogP contribution in [-0.2, 0) is 13.6 Å². The number of rotatable bonds is 3. The summed E-state index contributed by atoms with van der Waals surface area (Å²) in [5.74, 6) is 0. The molecule has 1 aromatic carbocycles. The first-order valence-electron chi connectivity index (χ1n) is 8.19. The van der Waals surface area contributed by atoms with Gasteiger partial charge in [-0.25, -0.2) is 0 Å². The van der Waals surface area contributed by atoms with E-state index in [0.717, 1.165) is 12.6 Å². The van der Waals surface area contributed by atoms with Gasteiger partial charge in [-0.3, -0.25) is 4.68 Å². The minimum atomic E-state index is 0.658. The van der Waals surface area contributed by atoms with Gasteiger partial charge >= 0.3 is 0 Å². The zero-order valence-electron chi connectivity index (χ0n) is 12.8. The van der Waals surface area contributed by atoms with Crippen LogP contribution in [-0.4, -0.2) is 39.9 Å². The van der Waals surface area contributed by atoms with Crippen molar-refractivity contribution in [3.63, 3.8) is 0 Å². The highest BCUT2D eigenvalue weighted by Crippen LogP contribution is 2.27. The maximum Gasteiger partial charge on any atom is 0.0841 e. The Kier molecular flexibility index (Phi) is 3.43. The molecule has 0 radical (unpaired) electrons. The lowest BCUT2D eigenvalue weighted by atomic mass is 9.97. The van der Waals surface area contributed by atoms with E-state index in [0.29, 0.717) is 6.04 Å². The lowest BCUT2D eigenvalue weighted by Crippen LogP contribution is -2.45. The second-order valence-electron chi connectivity index (χ2n) is 6.52. The average Bonchev–Trinajstić information content (AvgIpc) is 3.10. The maximum absolute atomic E-state index is 4.68. The third kappa shape index (κ3) is 2.47. The molecule has 3 heterocycles. The molecule has 1 aromatic heterocycles. The fraction of sp³-hybridized carbons (Fsp3) is 0.588. The molecule has 0 amide bonds. The van der Waals surface area contributed by atoms with Crippen molar-refractivity contribution in [1.82, 2.24) is 20.0 Å². The summed E-state index contributed by atoms with van der Waals surface area (Å²) in [4.78, 5) is 2.67. The van der Waals surface area contributed by atoms with Crippen LogP contribution in [0.1, 0.15) is 31.4 Å². The summed E-state index contributed by atoms with van der Waals surface area (Å²) in [5, 5.41) is 9.72. The van der Waals surface area contributed by atoms with Gasteiger partial charge in [0.2, 0.25) is 0 Å². The Morgan fingerprint density at radius 1 is 1.24 bits per heavy atom. The Morgan fingerprint density at radius 3 is 3.10 bits per heavy atom.